The molecule has 0 fully saturated rings. The molecule has 4 rings (SSSR count). The maximum Gasteiger partial charge on any atom is 0.0461 e. The second-order valence-electron chi connectivity index (χ2n) is 4.35. The van der Waals surface area contributed by atoms with E-state index in [1.807, 2.05) is 0 Å². The lowest BCUT2D eigenvalue weighted by atomic mass is 10.1. The molecule has 0 aromatic heterocycles. The van der Waals surface area contributed by atoms with Crippen molar-refractivity contribution in [2.75, 3.05) is 5.32 Å². The summed E-state index contributed by atoms with van der Waals surface area (Å²) in [4.78, 5) is 0. The van der Waals surface area contributed by atoms with Crippen molar-refractivity contribution in [3.8, 4) is 0 Å². The number of nitrogens with one attached hydrogen (secondary N) is 1. The highest BCUT2D eigenvalue weighted by molar-refractivity contribution is 6.14. The summed E-state index contributed by atoms with van der Waals surface area (Å²) in [5, 5.41) is 3.52. The van der Waals surface area contributed by atoms with E-state index in [-0.39, 0.29) is 0 Å². The van der Waals surface area contributed by atoms with Gasteiger partial charge in [0.25, 0.3) is 0 Å². The second-order valence-corrected chi connectivity index (χ2v) is 4.35. The van der Waals surface area contributed by atoms with Gasteiger partial charge in [-0.3, -0.25) is 0 Å². The van der Waals surface area contributed by atoms with Crippen LogP contribution < -0.4 is 5.32 Å². The third-order valence-corrected chi connectivity index (χ3v) is 3.37. The quantitative estimate of drug-likeness (QED) is 0.684. The van der Waals surface area contributed by atoms with Gasteiger partial charge in [0.1, 0.15) is 0 Å². The van der Waals surface area contributed by atoms with Crippen LogP contribution in [0, 0.1) is 0 Å². The van der Waals surface area contributed by atoms with Gasteiger partial charge in [-0.25, -0.2) is 0 Å². The molecule has 0 atom stereocenters. The number of benzene rings is 2. The Hall–Kier alpha value is -2.02. The molecular weight excluding hydrogens is 194 g/mol. The number of allylic oxidation sites excluding steroid dienone is 2. The van der Waals surface area contributed by atoms with Crippen molar-refractivity contribution < 1.29 is 0 Å². The molecule has 1 N–H and O–H groups in total. The van der Waals surface area contributed by atoms with Gasteiger partial charge in [-0.1, -0.05) is 36.4 Å². The number of fused-ring (bicyclic) bond motifs is 4. The van der Waals surface area contributed by atoms with E-state index in [1.54, 1.807) is 0 Å². The third kappa shape index (κ3) is 1.00. The van der Waals surface area contributed by atoms with Gasteiger partial charge in [-0.2, -0.15) is 0 Å². The van der Waals surface area contributed by atoms with E-state index in [2.05, 4.69) is 53.8 Å². The highest BCUT2D eigenvalue weighted by Crippen LogP contribution is 2.53. The van der Waals surface area contributed by atoms with E-state index in [9.17, 15) is 0 Å². The molecule has 2 aliphatic rings. The minimum atomic E-state index is 1.15. The van der Waals surface area contributed by atoms with Crippen LogP contribution in [0.1, 0.15) is 17.5 Å². The molecule has 16 heavy (non-hydrogen) atoms. The smallest absolute Gasteiger partial charge is 0.0461 e. The maximum atomic E-state index is 3.52. The summed E-state index contributed by atoms with van der Waals surface area (Å²) in [6.07, 6.45) is 1.15. The minimum absolute atomic E-state index is 1.15. The highest BCUT2D eigenvalue weighted by Gasteiger charge is 2.30. The van der Waals surface area contributed by atoms with E-state index < -0.39 is 0 Å². The van der Waals surface area contributed by atoms with E-state index >= 15 is 0 Å². The van der Waals surface area contributed by atoms with Gasteiger partial charge in [-0.05, 0) is 29.7 Å². The molecule has 2 aromatic rings. The number of rotatable bonds is 0. The van der Waals surface area contributed by atoms with Crippen LogP contribution in [-0.4, -0.2) is 0 Å². The Labute approximate surface area is 94.4 Å². The Morgan fingerprint density at radius 1 is 0.688 bits per heavy atom. The first-order valence-electron chi connectivity index (χ1n) is 5.61. The fraction of sp³-hybridized carbons (Fsp3) is 0.0667. The largest absolute Gasteiger partial charge is 0.355 e. The van der Waals surface area contributed by atoms with E-state index in [0.717, 1.165) is 6.42 Å². The monoisotopic (exact) mass is 205 g/mol. The molecular formula is C15H11N. The predicted octanol–water partition coefficient (Wildman–Crippen LogP) is 4.06. The summed E-state index contributed by atoms with van der Waals surface area (Å²) in [5.41, 5.74) is 8.22. The number of para-hydroxylation sites is 2. The van der Waals surface area contributed by atoms with Crippen molar-refractivity contribution in [1.82, 2.24) is 0 Å². The molecule has 0 unspecified atom stereocenters. The van der Waals surface area contributed by atoms with Gasteiger partial charge in [-0.15, -0.1) is 0 Å². The van der Waals surface area contributed by atoms with Crippen molar-refractivity contribution >= 4 is 22.5 Å². The Balaban J connectivity index is 2.02. The van der Waals surface area contributed by atoms with Gasteiger partial charge in [0.2, 0.25) is 0 Å². The average Bonchev–Trinajstić information content (AvgIpc) is 3.09. The standard InChI is InChI=1S/C15H11N/c1-3-7-14-10(5-1)12-9-13(12)11-6-2-4-8-15(11)16-14/h1-8,16H,9H2. The molecule has 76 valence electrons. The fourth-order valence-corrected chi connectivity index (χ4v) is 2.50. The average molecular weight is 205 g/mol. The zero-order valence-electron chi connectivity index (χ0n) is 8.83. The molecule has 0 amide bonds. The Morgan fingerprint density at radius 3 is 1.75 bits per heavy atom. The molecule has 0 radical (unpaired) electrons. The van der Waals surface area contributed by atoms with Crippen molar-refractivity contribution in [3.05, 3.63) is 59.7 Å². The fourth-order valence-electron chi connectivity index (χ4n) is 2.50. The predicted molar refractivity (Wildman–Crippen MR) is 67.6 cm³/mol. The number of hydrogen-bond donors (Lipinski definition) is 1. The first-order valence-corrected chi connectivity index (χ1v) is 5.61. The molecule has 1 aliphatic heterocycles. The van der Waals surface area contributed by atoms with Crippen LogP contribution >= 0.6 is 0 Å². The lowest BCUT2D eigenvalue weighted by molar-refractivity contribution is 1.47. The molecule has 0 spiro atoms. The maximum absolute atomic E-state index is 3.52. The van der Waals surface area contributed by atoms with Crippen molar-refractivity contribution in [1.29, 1.82) is 0 Å². The molecule has 0 saturated heterocycles. The van der Waals surface area contributed by atoms with E-state index in [4.69, 9.17) is 0 Å². The summed E-state index contributed by atoms with van der Waals surface area (Å²) in [5.74, 6) is 0. The second kappa shape index (κ2) is 2.76. The van der Waals surface area contributed by atoms with Gasteiger partial charge < -0.3 is 5.32 Å². The Kier molecular flexibility index (Phi) is 1.41. The molecule has 0 bridgehead atoms. The van der Waals surface area contributed by atoms with Crippen LogP contribution in [0.25, 0.3) is 11.1 Å². The van der Waals surface area contributed by atoms with Gasteiger partial charge >= 0.3 is 0 Å². The van der Waals surface area contributed by atoms with Crippen molar-refractivity contribution in [3.63, 3.8) is 0 Å². The normalized spacial score (nSPS) is 15.5. The van der Waals surface area contributed by atoms with Crippen molar-refractivity contribution in [2.45, 2.75) is 6.42 Å². The van der Waals surface area contributed by atoms with Crippen LogP contribution in [0.5, 0.6) is 0 Å². The lowest BCUT2D eigenvalue weighted by Crippen LogP contribution is -1.94. The summed E-state index contributed by atoms with van der Waals surface area (Å²) in [6.45, 7) is 0. The summed E-state index contributed by atoms with van der Waals surface area (Å²) >= 11 is 0. The first kappa shape index (κ1) is 8.17. The third-order valence-electron chi connectivity index (χ3n) is 3.37. The van der Waals surface area contributed by atoms with Gasteiger partial charge in [0.15, 0.2) is 0 Å². The zero-order valence-corrected chi connectivity index (χ0v) is 8.83. The molecule has 2 aromatic carbocycles. The summed E-state index contributed by atoms with van der Waals surface area (Å²) in [6, 6.07) is 17.1. The minimum Gasteiger partial charge on any atom is -0.355 e. The summed E-state index contributed by atoms with van der Waals surface area (Å²) in [7, 11) is 0. The van der Waals surface area contributed by atoms with E-state index in [1.165, 1.54) is 33.6 Å². The van der Waals surface area contributed by atoms with Gasteiger partial charge in [0, 0.05) is 22.5 Å². The lowest BCUT2D eigenvalue weighted by Gasteiger charge is -2.11. The van der Waals surface area contributed by atoms with Crippen molar-refractivity contribution in [2.24, 2.45) is 0 Å². The Morgan fingerprint density at radius 2 is 1.19 bits per heavy atom. The Bertz CT molecular complexity index is 569. The van der Waals surface area contributed by atoms with Crippen LogP contribution in [0.3, 0.4) is 0 Å². The van der Waals surface area contributed by atoms with Crippen LogP contribution in [0.4, 0.5) is 11.4 Å². The van der Waals surface area contributed by atoms with Crippen LogP contribution in [0.2, 0.25) is 0 Å². The highest BCUT2D eigenvalue weighted by atomic mass is 14.9. The molecule has 1 nitrogen and oxygen atoms in total. The molecule has 0 saturated carbocycles. The van der Waals surface area contributed by atoms with Gasteiger partial charge in [0.05, 0.1) is 0 Å². The van der Waals surface area contributed by atoms with Crippen LogP contribution in [0.15, 0.2) is 48.5 Å². The topological polar surface area (TPSA) is 12.0 Å². The molecule has 1 heteroatoms. The zero-order chi connectivity index (χ0) is 10.5. The first-order chi connectivity index (χ1) is 7.93. The molecule has 1 heterocycles. The summed E-state index contributed by atoms with van der Waals surface area (Å²) < 4.78 is 0. The molecule has 1 aliphatic carbocycles. The van der Waals surface area contributed by atoms with Crippen LogP contribution in [-0.2, 0) is 0 Å². The SMILES string of the molecule is c1ccc2c(c1)Nc1ccccc1C1=C2C1. The van der Waals surface area contributed by atoms with E-state index in [0.29, 0.717) is 0 Å². The number of hydrogen-bond acceptors (Lipinski definition) is 1. The number of anilines is 2.